The topological polar surface area (TPSA) is 73.9 Å². The van der Waals surface area contributed by atoms with Crippen LogP contribution in [0.1, 0.15) is 88.9 Å². The van der Waals surface area contributed by atoms with Crippen LogP contribution in [0.2, 0.25) is 0 Å². The molecule has 0 aliphatic carbocycles. The predicted octanol–water partition coefficient (Wildman–Crippen LogP) is 7.13. The van der Waals surface area contributed by atoms with Crippen molar-refractivity contribution in [2.24, 2.45) is 0 Å². The Morgan fingerprint density at radius 1 is 0.806 bits per heavy atom. The van der Waals surface area contributed by atoms with E-state index in [0.717, 1.165) is 36.8 Å². The van der Waals surface area contributed by atoms with Crippen molar-refractivity contribution < 1.29 is 23.8 Å². The fraction of sp³-hybridized carbons (Fsp3) is 0.533. The van der Waals surface area contributed by atoms with Gasteiger partial charge in [-0.2, -0.15) is 0 Å². The SMILES string of the molecule is CCCCCCCCC(CCC)OC(c1ccccc1)C(NC(=O)OCc1ccccc1)C(=O)OC. The summed E-state index contributed by atoms with van der Waals surface area (Å²) in [5.74, 6) is -0.574. The van der Waals surface area contributed by atoms with E-state index >= 15 is 0 Å². The van der Waals surface area contributed by atoms with Gasteiger partial charge in [0.15, 0.2) is 6.04 Å². The summed E-state index contributed by atoms with van der Waals surface area (Å²) in [6.45, 7) is 4.46. The zero-order valence-electron chi connectivity index (χ0n) is 22.1. The average molecular weight is 498 g/mol. The summed E-state index contributed by atoms with van der Waals surface area (Å²) in [5.41, 5.74) is 1.67. The van der Waals surface area contributed by atoms with Crippen LogP contribution in [0.25, 0.3) is 0 Å². The number of amides is 1. The fourth-order valence-corrected chi connectivity index (χ4v) is 4.23. The molecule has 0 aliphatic heterocycles. The molecular weight excluding hydrogens is 454 g/mol. The van der Waals surface area contributed by atoms with Gasteiger partial charge in [0.05, 0.1) is 13.2 Å². The number of hydrogen-bond acceptors (Lipinski definition) is 5. The zero-order chi connectivity index (χ0) is 26.0. The molecule has 3 unspecified atom stereocenters. The first-order valence-electron chi connectivity index (χ1n) is 13.3. The molecule has 1 amide bonds. The van der Waals surface area contributed by atoms with E-state index in [1.807, 2.05) is 60.7 Å². The van der Waals surface area contributed by atoms with Crippen molar-refractivity contribution in [1.82, 2.24) is 5.32 Å². The molecule has 0 saturated carbocycles. The molecule has 0 saturated heterocycles. The molecule has 198 valence electrons. The third-order valence-electron chi connectivity index (χ3n) is 6.20. The van der Waals surface area contributed by atoms with Gasteiger partial charge in [0, 0.05) is 0 Å². The number of ether oxygens (including phenoxy) is 3. The largest absolute Gasteiger partial charge is 0.467 e. The van der Waals surface area contributed by atoms with Gasteiger partial charge in [0.2, 0.25) is 0 Å². The maximum absolute atomic E-state index is 12.9. The van der Waals surface area contributed by atoms with E-state index in [4.69, 9.17) is 14.2 Å². The van der Waals surface area contributed by atoms with Gasteiger partial charge in [-0.25, -0.2) is 9.59 Å². The minimum Gasteiger partial charge on any atom is -0.467 e. The van der Waals surface area contributed by atoms with Crippen LogP contribution in [0, 0.1) is 0 Å². The van der Waals surface area contributed by atoms with Crippen LogP contribution >= 0.6 is 0 Å². The minimum absolute atomic E-state index is 0.0272. The van der Waals surface area contributed by atoms with Gasteiger partial charge in [-0.1, -0.05) is 119 Å². The van der Waals surface area contributed by atoms with Gasteiger partial charge < -0.3 is 19.5 Å². The molecule has 0 spiro atoms. The predicted molar refractivity (Wildman–Crippen MR) is 143 cm³/mol. The summed E-state index contributed by atoms with van der Waals surface area (Å²) in [7, 11) is 1.31. The highest BCUT2D eigenvalue weighted by atomic mass is 16.6. The Bertz CT molecular complexity index is 858. The molecule has 2 rings (SSSR count). The average Bonchev–Trinajstić information content (AvgIpc) is 2.91. The van der Waals surface area contributed by atoms with E-state index in [9.17, 15) is 9.59 Å². The molecule has 6 heteroatoms. The smallest absolute Gasteiger partial charge is 0.408 e. The number of esters is 1. The van der Waals surface area contributed by atoms with Crippen molar-refractivity contribution in [3.8, 4) is 0 Å². The van der Waals surface area contributed by atoms with Crippen molar-refractivity contribution in [1.29, 1.82) is 0 Å². The van der Waals surface area contributed by atoms with Gasteiger partial charge in [-0.15, -0.1) is 0 Å². The van der Waals surface area contributed by atoms with Crippen LogP contribution in [-0.2, 0) is 25.6 Å². The van der Waals surface area contributed by atoms with Crippen LogP contribution in [0.5, 0.6) is 0 Å². The lowest BCUT2D eigenvalue weighted by Gasteiger charge is -2.30. The van der Waals surface area contributed by atoms with E-state index in [2.05, 4.69) is 19.2 Å². The van der Waals surface area contributed by atoms with E-state index in [1.165, 1.54) is 39.2 Å². The summed E-state index contributed by atoms with van der Waals surface area (Å²) in [6.07, 6.45) is 8.60. The van der Waals surface area contributed by atoms with Crippen molar-refractivity contribution in [2.45, 2.75) is 96.5 Å². The second-order valence-electron chi connectivity index (χ2n) is 9.14. The lowest BCUT2D eigenvalue weighted by molar-refractivity contribution is -0.149. The summed E-state index contributed by atoms with van der Waals surface area (Å²) in [4.78, 5) is 25.6. The number of alkyl carbamates (subject to hydrolysis) is 1. The van der Waals surface area contributed by atoms with E-state index in [0.29, 0.717) is 0 Å². The Labute approximate surface area is 216 Å². The van der Waals surface area contributed by atoms with Crippen molar-refractivity contribution in [3.05, 3.63) is 71.8 Å². The Morgan fingerprint density at radius 2 is 1.44 bits per heavy atom. The lowest BCUT2D eigenvalue weighted by atomic mass is 10.00. The molecule has 6 nitrogen and oxygen atoms in total. The third-order valence-corrected chi connectivity index (χ3v) is 6.20. The highest BCUT2D eigenvalue weighted by Crippen LogP contribution is 2.28. The highest BCUT2D eigenvalue weighted by molar-refractivity contribution is 5.82. The first kappa shape index (κ1) is 29.4. The van der Waals surface area contributed by atoms with Crippen LogP contribution in [0.4, 0.5) is 4.79 Å². The van der Waals surface area contributed by atoms with Crippen LogP contribution in [0.3, 0.4) is 0 Å². The van der Waals surface area contributed by atoms with Gasteiger partial charge in [-0.05, 0) is 24.0 Å². The molecule has 1 N–H and O–H groups in total. The first-order valence-corrected chi connectivity index (χ1v) is 13.3. The van der Waals surface area contributed by atoms with Crippen molar-refractivity contribution in [2.75, 3.05) is 7.11 Å². The standard InChI is InChI=1S/C30H43NO5/c1-4-6-7-8-9-16-22-26(17-5-2)36-28(25-20-14-11-15-21-25)27(29(32)34-3)31-30(33)35-23-24-18-12-10-13-19-24/h10-15,18-21,26-28H,4-9,16-17,22-23H2,1-3H3,(H,31,33). The van der Waals surface area contributed by atoms with Crippen molar-refractivity contribution >= 4 is 12.1 Å². The Kier molecular flexibility index (Phi) is 14.3. The summed E-state index contributed by atoms with van der Waals surface area (Å²) in [6, 6.07) is 17.9. The minimum atomic E-state index is -1.04. The number of unbranched alkanes of at least 4 members (excludes halogenated alkanes) is 5. The molecule has 36 heavy (non-hydrogen) atoms. The summed E-state index contributed by atoms with van der Waals surface area (Å²) >= 11 is 0. The number of methoxy groups -OCH3 is 1. The quantitative estimate of drug-likeness (QED) is 0.186. The summed E-state index contributed by atoms with van der Waals surface area (Å²) in [5, 5.41) is 2.71. The Hall–Kier alpha value is -2.86. The summed E-state index contributed by atoms with van der Waals surface area (Å²) < 4.78 is 17.0. The third kappa shape index (κ3) is 10.8. The van der Waals surface area contributed by atoms with Crippen LogP contribution in [0.15, 0.2) is 60.7 Å². The lowest BCUT2D eigenvalue weighted by Crippen LogP contribution is -2.47. The monoisotopic (exact) mass is 497 g/mol. The number of carbonyl (C=O) groups is 2. The first-order chi connectivity index (χ1) is 17.6. The van der Waals surface area contributed by atoms with Gasteiger partial charge >= 0.3 is 12.1 Å². The van der Waals surface area contributed by atoms with E-state index in [-0.39, 0.29) is 12.7 Å². The maximum Gasteiger partial charge on any atom is 0.408 e. The molecule has 0 aliphatic rings. The van der Waals surface area contributed by atoms with Crippen LogP contribution < -0.4 is 5.32 Å². The molecule has 0 heterocycles. The maximum atomic E-state index is 12.9. The normalized spacial score (nSPS) is 13.4. The molecule has 3 atom stereocenters. The number of nitrogens with one attached hydrogen (secondary N) is 1. The second-order valence-corrected chi connectivity index (χ2v) is 9.14. The van der Waals surface area contributed by atoms with E-state index < -0.39 is 24.2 Å². The molecule has 2 aromatic carbocycles. The molecule has 2 aromatic rings. The Balaban J connectivity index is 2.13. The van der Waals surface area contributed by atoms with Gasteiger partial charge in [0.1, 0.15) is 12.7 Å². The number of hydrogen-bond donors (Lipinski definition) is 1. The van der Waals surface area contributed by atoms with Crippen molar-refractivity contribution in [3.63, 3.8) is 0 Å². The molecule has 0 bridgehead atoms. The molecule has 0 fully saturated rings. The molecular formula is C30H43NO5. The molecule has 0 aromatic heterocycles. The fourth-order valence-electron chi connectivity index (χ4n) is 4.23. The Morgan fingerprint density at radius 3 is 2.08 bits per heavy atom. The number of carbonyl (C=O) groups excluding carboxylic acids is 2. The number of benzene rings is 2. The van der Waals surface area contributed by atoms with Gasteiger partial charge in [0.25, 0.3) is 0 Å². The zero-order valence-corrected chi connectivity index (χ0v) is 22.1. The van der Waals surface area contributed by atoms with E-state index in [1.54, 1.807) is 0 Å². The number of rotatable bonds is 17. The van der Waals surface area contributed by atoms with Crippen LogP contribution in [-0.4, -0.2) is 31.3 Å². The molecule has 0 radical (unpaired) electrons. The highest BCUT2D eigenvalue weighted by Gasteiger charge is 2.35. The van der Waals surface area contributed by atoms with Gasteiger partial charge in [-0.3, -0.25) is 0 Å². The second kappa shape index (κ2) is 17.6.